The van der Waals surface area contributed by atoms with Crippen molar-refractivity contribution in [1.29, 1.82) is 0 Å². The number of likely N-dealkylation sites (tertiary alicyclic amines) is 1. The molecule has 1 aliphatic rings. The second kappa shape index (κ2) is 5.47. The number of amides is 1. The second-order valence-corrected chi connectivity index (χ2v) is 5.10. The fourth-order valence-electron chi connectivity index (χ4n) is 2.60. The molecular weight excluding hydrogens is 270 g/mol. The molecule has 0 saturated carbocycles. The van der Waals surface area contributed by atoms with Crippen LogP contribution in [0.4, 0.5) is 0 Å². The summed E-state index contributed by atoms with van der Waals surface area (Å²) in [5.41, 5.74) is 1.07. The second-order valence-electron chi connectivity index (χ2n) is 5.10. The predicted octanol–water partition coefficient (Wildman–Crippen LogP) is 1.92. The summed E-state index contributed by atoms with van der Waals surface area (Å²) in [5.74, 6) is -0.414. The Balaban J connectivity index is 1.82. The van der Waals surface area contributed by atoms with Crippen molar-refractivity contribution in [1.82, 2.24) is 15.0 Å². The number of Topliss-reactive ketones (excluding diaryl/α,β-unsaturated/α-hetero) is 1. The highest BCUT2D eigenvalue weighted by Gasteiger charge is 2.35. The molecule has 0 aliphatic carbocycles. The highest BCUT2D eigenvalue weighted by atomic mass is 16.5. The van der Waals surface area contributed by atoms with Crippen molar-refractivity contribution in [2.75, 3.05) is 6.54 Å². The van der Waals surface area contributed by atoms with E-state index in [2.05, 4.69) is 10.1 Å². The quantitative estimate of drug-likeness (QED) is 0.636. The monoisotopic (exact) mass is 285 g/mol. The van der Waals surface area contributed by atoms with E-state index in [4.69, 9.17) is 4.52 Å². The number of carbonyl (C=O) groups excluding carboxylic acids is 2. The van der Waals surface area contributed by atoms with E-state index < -0.39 is 11.7 Å². The normalized spacial score (nSPS) is 18.0. The van der Waals surface area contributed by atoms with Gasteiger partial charge < -0.3 is 9.42 Å². The molecule has 0 aromatic carbocycles. The Hall–Kier alpha value is -2.50. The maximum atomic E-state index is 12.4. The SMILES string of the molecule is Cc1cc(C2CCCN2C(=O)C(=O)c2cccnc2)on1. The first kappa shape index (κ1) is 13.5. The molecule has 6 heteroatoms. The molecule has 21 heavy (non-hydrogen) atoms. The smallest absolute Gasteiger partial charge is 0.295 e. The van der Waals surface area contributed by atoms with E-state index in [9.17, 15) is 9.59 Å². The lowest BCUT2D eigenvalue weighted by atomic mass is 10.1. The molecule has 1 unspecified atom stereocenters. The highest BCUT2D eigenvalue weighted by molar-refractivity contribution is 6.42. The molecule has 0 radical (unpaired) electrons. The minimum Gasteiger partial charge on any atom is -0.359 e. The molecule has 6 nitrogen and oxygen atoms in total. The topological polar surface area (TPSA) is 76.3 Å². The Kier molecular flexibility index (Phi) is 3.51. The molecule has 1 atom stereocenters. The van der Waals surface area contributed by atoms with Gasteiger partial charge in [-0.25, -0.2) is 0 Å². The number of carbonyl (C=O) groups is 2. The third kappa shape index (κ3) is 2.56. The summed E-state index contributed by atoms with van der Waals surface area (Å²) in [6, 6.07) is 4.84. The lowest BCUT2D eigenvalue weighted by Crippen LogP contribution is -2.36. The van der Waals surface area contributed by atoms with Gasteiger partial charge in [-0.05, 0) is 31.9 Å². The summed E-state index contributed by atoms with van der Waals surface area (Å²) in [4.78, 5) is 30.1. The van der Waals surface area contributed by atoms with Gasteiger partial charge in [0.1, 0.15) is 0 Å². The Bertz CT molecular complexity index is 666. The van der Waals surface area contributed by atoms with Gasteiger partial charge in [0.25, 0.3) is 11.7 Å². The first-order valence-electron chi connectivity index (χ1n) is 6.85. The predicted molar refractivity (Wildman–Crippen MR) is 73.5 cm³/mol. The number of hydrogen-bond acceptors (Lipinski definition) is 5. The minimum absolute atomic E-state index is 0.209. The summed E-state index contributed by atoms with van der Waals surface area (Å²) in [5, 5.41) is 3.85. The zero-order chi connectivity index (χ0) is 14.8. The van der Waals surface area contributed by atoms with Crippen LogP contribution in [0.2, 0.25) is 0 Å². The van der Waals surface area contributed by atoms with Crippen molar-refractivity contribution in [3.05, 3.63) is 47.6 Å². The van der Waals surface area contributed by atoms with Gasteiger partial charge in [0.15, 0.2) is 5.76 Å². The van der Waals surface area contributed by atoms with Gasteiger partial charge in [-0.3, -0.25) is 14.6 Å². The van der Waals surface area contributed by atoms with Crippen LogP contribution in [-0.4, -0.2) is 33.3 Å². The van der Waals surface area contributed by atoms with Gasteiger partial charge in [-0.2, -0.15) is 0 Å². The third-order valence-electron chi connectivity index (χ3n) is 3.61. The molecular formula is C15H15N3O3. The maximum absolute atomic E-state index is 12.4. The molecule has 2 aromatic heterocycles. The molecule has 0 bridgehead atoms. The van der Waals surface area contributed by atoms with Crippen LogP contribution in [0.1, 0.15) is 40.7 Å². The fourth-order valence-corrected chi connectivity index (χ4v) is 2.60. The first-order valence-corrected chi connectivity index (χ1v) is 6.85. The van der Waals surface area contributed by atoms with Gasteiger partial charge in [-0.15, -0.1) is 0 Å². The van der Waals surface area contributed by atoms with Crippen molar-refractivity contribution in [2.45, 2.75) is 25.8 Å². The number of aryl methyl sites for hydroxylation is 1. The number of pyridine rings is 1. The number of ketones is 1. The minimum atomic E-state index is -0.536. The molecule has 1 fully saturated rings. The Labute approximate surface area is 121 Å². The summed E-state index contributed by atoms with van der Waals surface area (Å²) >= 11 is 0. The Morgan fingerprint density at radius 1 is 1.43 bits per heavy atom. The Morgan fingerprint density at radius 3 is 2.95 bits per heavy atom. The third-order valence-corrected chi connectivity index (χ3v) is 3.61. The van der Waals surface area contributed by atoms with E-state index in [0.717, 1.165) is 18.5 Å². The van der Waals surface area contributed by atoms with Crippen LogP contribution in [0, 0.1) is 6.92 Å². The van der Waals surface area contributed by atoms with E-state index in [1.165, 1.54) is 6.20 Å². The van der Waals surface area contributed by atoms with Crippen LogP contribution in [0.5, 0.6) is 0 Å². The molecule has 1 amide bonds. The van der Waals surface area contributed by atoms with Crippen LogP contribution in [0.15, 0.2) is 35.1 Å². The molecule has 108 valence electrons. The molecule has 1 aliphatic heterocycles. The zero-order valence-electron chi connectivity index (χ0n) is 11.7. The highest BCUT2D eigenvalue weighted by Crippen LogP contribution is 2.32. The van der Waals surface area contributed by atoms with Gasteiger partial charge >= 0.3 is 0 Å². The zero-order valence-corrected chi connectivity index (χ0v) is 11.7. The number of aromatic nitrogens is 2. The molecule has 1 saturated heterocycles. The molecule has 0 N–H and O–H groups in total. The average molecular weight is 285 g/mol. The van der Waals surface area contributed by atoms with Crippen LogP contribution in [0.3, 0.4) is 0 Å². The van der Waals surface area contributed by atoms with E-state index >= 15 is 0 Å². The standard InChI is InChI=1S/C15H15N3O3/c1-10-8-13(21-17-10)12-5-3-7-18(12)15(20)14(19)11-4-2-6-16-9-11/h2,4,6,8-9,12H,3,5,7H2,1H3. The van der Waals surface area contributed by atoms with Gasteiger partial charge in [-0.1, -0.05) is 5.16 Å². The fraction of sp³-hybridized carbons (Fsp3) is 0.333. The number of nitrogens with zero attached hydrogens (tertiary/aromatic N) is 3. The Morgan fingerprint density at radius 2 is 2.29 bits per heavy atom. The number of hydrogen-bond donors (Lipinski definition) is 0. The summed E-state index contributed by atoms with van der Waals surface area (Å²) in [7, 11) is 0. The van der Waals surface area contributed by atoms with Crippen LogP contribution >= 0.6 is 0 Å². The summed E-state index contributed by atoms with van der Waals surface area (Å²) in [6.45, 7) is 2.38. The van der Waals surface area contributed by atoms with Crippen LogP contribution in [0.25, 0.3) is 0 Å². The first-order chi connectivity index (χ1) is 10.2. The molecule has 3 heterocycles. The van der Waals surface area contributed by atoms with Gasteiger partial charge in [0.2, 0.25) is 0 Å². The van der Waals surface area contributed by atoms with Crippen molar-refractivity contribution in [3.63, 3.8) is 0 Å². The van der Waals surface area contributed by atoms with Crippen molar-refractivity contribution >= 4 is 11.7 Å². The molecule has 2 aromatic rings. The summed E-state index contributed by atoms with van der Waals surface area (Å²) < 4.78 is 5.25. The van der Waals surface area contributed by atoms with Crippen LogP contribution in [-0.2, 0) is 4.79 Å². The molecule has 3 rings (SSSR count). The van der Waals surface area contributed by atoms with E-state index in [0.29, 0.717) is 17.9 Å². The lowest BCUT2D eigenvalue weighted by Gasteiger charge is -2.21. The van der Waals surface area contributed by atoms with Crippen molar-refractivity contribution < 1.29 is 14.1 Å². The summed E-state index contributed by atoms with van der Waals surface area (Å²) in [6.07, 6.45) is 4.60. The largest absolute Gasteiger partial charge is 0.359 e. The van der Waals surface area contributed by atoms with Crippen molar-refractivity contribution in [2.24, 2.45) is 0 Å². The van der Waals surface area contributed by atoms with E-state index in [1.54, 1.807) is 23.2 Å². The van der Waals surface area contributed by atoms with E-state index in [-0.39, 0.29) is 6.04 Å². The maximum Gasteiger partial charge on any atom is 0.295 e. The number of rotatable bonds is 3. The van der Waals surface area contributed by atoms with Gasteiger partial charge in [0.05, 0.1) is 11.7 Å². The van der Waals surface area contributed by atoms with Crippen LogP contribution < -0.4 is 0 Å². The van der Waals surface area contributed by atoms with E-state index in [1.807, 2.05) is 13.0 Å². The van der Waals surface area contributed by atoms with Gasteiger partial charge in [0, 0.05) is 30.6 Å². The lowest BCUT2D eigenvalue weighted by molar-refractivity contribution is -0.127. The van der Waals surface area contributed by atoms with Crippen molar-refractivity contribution in [3.8, 4) is 0 Å². The molecule has 0 spiro atoms. The average Bonchev–Trinajstić information content (AvgIpc) is 3.15.